The number of likely N-dealkylation sites (N-methyl/N-ethyl adjacent to an activating group) is 1. The Labute approximate surface area is 139 Å². The van der Waals surface area contributed by atoms with Crippen LogP contribution in [0, 0.1) is 11.3 Å². The average molecular weight is 324 g/mol. The molecule has 0 saturated carbocycles. The van der Waals surface area contributed by atoms with Crippen LogP contribution in [0.3, 0.4) is 0 Å². The highest BCUT2D eigenvalue weighted by Crippen LogP contribution is 2.14. The minimum atomic E-state index is -1.03. The van der Waals surface area contributed by atoms with Gasteiger partial charge in [-0.15, -0.1) is 0 Å². The molecule has 2 rings (SSSR count). The van der Waals surface area contributed by atoms with Crippen LogP contribution in [0.25, 0.3) is 6.08 Å². The molecule has 0 fully saturated rings. The molecule has 0 saturated heterocycles. The first kappa shape index (κ1) is 17.0. The van der Waals surface area contributed by atoms with E-state index in [1.165, 1.54) is 24.2 Å². The maximum absolute atomic E-state index is 12.3. The van der Waals surface area contributed by atoms with Gasteiger partial charge in [-0.2, -0.15) is 5.26 Å². The molecule has 1 amide bonds. The summed E-state index contributed by atoms with van der Waals surface area (Å²) in [7, 11) is 1.59. The van der Waals surface area contributed by atoms with E-state index >= 15 is 0 Å². The van der Waals surface area contributed by atoms with E-state index < -0.39 is 18.0 Å². The van der Waals surface area contributed by atoms with E-state index in [1.807, 2.05) is 6.07 Å². The van der Waals surface area contributed by atoms with Gasteiger partial charge in [-0.3, -0.25) is 4.79 Å². The molecule has 0 aliphatic carbocycles. The summed E-state index contributed by atoms with van der Waals surface area (Å²) in [6, 6.07) is 14.0. The SMILES string of the molecule is CC(OC(=O)/C(C#N)=C/c1ccco1)C(=O)N(C)c1ccccc1. The second-order valence-corrected chi connectivity index (χ2v) is 4.97. The van der Waals surface area contributed by atoms with Crippen LogP contribution in [-0.4, -0.2) is 25.0 Å². The highest BCUT2D eigenvalue weighted by atomic mass is 16.5. The van der Waals surface area contributed by atoms with Gasteiger partial charge >= 0.3 is 5.97 Å². The highest BCUT2D eigenvalue weighted by molar-refractivity contribution is 6.01. The molecule has 122 valence electrons. The summed E-state index contributed by atoms with van der Waals surface area (Å²) in [6.45, 7) is 1.46. The zero-order chi connectivity index (χ0) is 17.5. The molecule has 1 atom stereocenters. The van der Waals surface area contributed by atoms with E-state index in [0.29, 0.717) is 11.4 Å². The van der Waals surface area contributed by atoms with Gasteiger partial charge in [0.2, 0.25) is 0 Å². The van der Waals surface area contributed by atoms with E-state index in [2.05, 4.69) is 0 Å². The lowest BCUT2D eigenvalue weighted by Gasteiger charge is -2.21. The number of ether oxygens (including phenoxy) is 1. The van der Waals surface area contributed by atoms with Crippen molar-refractivity contribution in [3.8, 4) is 6.07 Å². The summed E-state index contributed by atoms with van der Waals surface area (Å²) in [4.78, 5) is 25.8. The van der Waals surface area contributed by atoms with E-state index in [1.54, 1.807) is 49.5 Å². The predicted molar refractivity (Wildman–Crippen MR) is 87.7 cm³/mol. The van der Waals surface area contributed by atoms with Gasteiger partial charge in [0.05, 0.1) is 6.26 Å². The van der Waals surface area contributed by atoms with Gasteiger partial charge in [0.1, 0.15) is 17.4 Å². The number of furan rings is 1. The van der Waals surface area contributed by atoms with E-state index in [-0.39, 0.29) is 5.57 Å². The normalized spacial score (nSPS) is 12.1. The monoisotopic (exact) mass is 324 g/mol. The number of para-hydroxylation sites is 1. The molecular formula is C18H16N2O4. The minimum Gasteiger partial charge on any atom is -0.465 e. The van der Waals surface area contributed by atoms with Crippen molar-refractivity contribution in [2.75, 3.05) is 11.9 Å². The number of carbonyl (C=O) groups is 2. The van der Waals surface area contributed by atoms with Gasteiger partial charge in [0.25, 0.3) is 5.91 Å². The lowest BCUT2D eigenvalue weighted by atomic mass is 10.2. The van der Waals surface area contributed by atoms with Crippen molar-refractivity contribution in [2.24, 2.45) is 0 Å². The minimum absolute atomic E-state index is 0.244. The van der Waals surface area contributed by atoms with Crippen molar-refractivity contribution in [1.82, 2.24) is 0 Å². The first-order valence-electron chi connectivity index (χ1n) is 7.22. The van der Waals surface area contributed by atoms with Gasteiger partial charge in [-0.25, -0.2) is 4.79 Å². The third-order valence-corrected chi connectivity index (χ3v) is 3.28. The number of benzene rings is 1. The molecule has 1 heterocycles. The number of hydrogen-bond acceptors (Lipinski definition) is 5. The molecule has 0 aliphatic rings. The molecular weight excluding hydrogens is 308 g/mol. The quantitative estimate of drug-likeness (QED) is 0.480. The maximum atomic E-state index is 12.3. The van der Waals surface area contributed by atoms with E-state index in [9.17, 15) is 9.59 Å². The van der Waals surface area contributed by atoms with E-state index in [4.69, 9.17) is 14.4 Å². The van der Waals surface area contributed by atoms with Gasteiger partial charge in [0.15, 0.2) is 6.10 Å². The van der Waals surface area contributed by atoms with Crippen LogP contribution in [0.5, 0.6) is 0 Å². The lowest BCUT2D eigenvalue weighted by molar-refractivity contribution is -0.149. The Morgan fingerprint density at radius 3 is 2.54 bits per heavy atom. The molecule has 1 unspecified atom stereocenters. The third kappa shape index (κ3) is 4.11. The van der Waals surface area contributed by atoms with Crippen LogP contribution in [0.1, 0.15) is 12.7 Å². The zero-order valence-corrected chi connectivity index (χ0v) is 13.3. The maximum Gasteiger partial charge on any atom is 0.349 e. The molecule has 0 radical (unpaired) electrons. The second kappa shape index (κ2) is 7.79. The molecule has 2 aromatic rings. The number of esters is 1. The molecule has 0 N–H and O–H groups in total. The Bertz CT molecular complexity index is 773. The average Bonchev–Trinajstić information content (AvgIpc) is 3.12. The topological polar surface area (TPSA) is 83.5 Å². The van der Waals surface area contributed by atoms with Crippen molar-refractivity contribution in [2.45, 2.75) is 13.0 Å². The fourth-order valence-corrected chi connectivity index (χ4v) is 1.98. The molecule has 0 spiro atoms. The fraction of sp³-hybridized carbons (Fsp3) is 0.167. The molecule has 1 aromatic carbocycles. The molecule has 0 bridgehead atoms. The van der Waals surface area contributed by atoms with Crippen molar-refractivity contribution < 1.29 is 18.7 Å². The standard InChI is InChI=1S/C18H16N2O4/c1-13(17(21)20(2)15-7-4-3-5-8-15)24-18(22)14(12-19)11-16-9-6-10-23-16/h3-11,13H,1-2H3/b14-11+. The number of anilines is 1. The van der Waals surface area contributed by atoms with Gasteiger partial charge in [0, 0.05) is 18.8 Å². The summed E-state index contributed by atoms with van der Waals surface area (Å²) >= 11 is 0. The smallest absolute Gasteiger partial charge is 0.349 e. The van der Waals surface area contributed by atoms with Crippen LogP contribution < -0.4 is 4.90 Å². The number of carbonyl (C=O) groups excluding carboxylic acids is 2. The summed E-state index contributed by atoms with van der Waals surface area (Å²) in [5.74, 6) is -0.926. The van der Waals surface area contributed by atoms with E-state index in [0.717, 1.165) is 0 Å². The summed E-state index contributed by atoms with van der Waals surface area (Å²) in [5, 5.41) is 9.08. The van der Waals surface area contributed by atoms with Crippen molar-refractivity contribution in [1.29, 1.82) is 5.26 Å². The van der Waals surface area contributed by atoms with Crippen LogP contribution >= 0.6 is 0 Å². The first-order chi connectivity index (χ1) is 11.5. The molecule has 0 aliphatic heterocycles. The second-order valence-electron chi connectivity index (χ2n) is 4.97. The van der Waals surface area contributed by atoms with Crippen molar-refractivity contribution in [3.05, 3.63) is 60.1 Å². The van der Waals surface area contributed by atoms with Crippen molar-refractivity contribution in [3.63, 3.8) is 0 Å². The number of hydrogen-bond donors (Lipinski definition) is 0. The van der Waals surface area contributed by atoms with Gasteiger partial charge < -0.3 is 14.1 Å². The third-order valence-electron chi connectivity index (χ3n) is 3.28. The Morgan fingerprint density at radius 1 is 1.25 bits per heavy atom. The zero-order valence-electron chi connectivity index (χ0n) is 13.3. The van der Waals surface area contributed by atoms with Crippen molar-refractivity contribution >= 4 is 23.6 Å². The molecule has 24 heavy (non-hydrogen) atoms. The summed E-state index contributed by atoms with van der Waals surface area (Å²) in [5.41, 5.74) is 0.434. The number of nitrogens with zero attached hydrogens (tertiary/aromatic N) is 2. The number of rotatable bonds is 5. The predicted octanol–water partition coefficient (Wildman–Crippen LogP) is 2.78. The summed E-state index contributed by atoms with van der Waals surface area (Å²) < 4.78 is 10.1. The van der Waals surface area contributed by atoms with Crippen LogP contribution in [0.4, 0.5) is 5.69 Å². The Kier molecular flexibility index (Phi) is 5.53. The first-order valence-corrected chi connectivity index (χ1v) is 7.22. The molecule has 6 heteroatoms. The molecule has 6 nitrogen and oxygen atoms in total. The van der Waals surface area contributed by atoms with Crippen LogP contribution in [-0.2, 0) is 14.3 Å². The lowest BCUT2D eigenvalue weighted by Crippen LogP contribution is -2.37. The molecule has 1 aromatic heterocycles. The Morgan fingerprint density at radius 2 is 1.96 bits per heavy atom. The van der Waals surface area contributed by atoms with Gasteiger partial charge in [-0.1, -0.05) is 18.2 Å². The number of nitriles is 1. The fourth-order valence-electron chi connectivity index (χ4n) is 1.98. The Balaban J connectivity index is 2.05. The highest BCUT2D eigenvalue weighted by Gasteiger charge is 2.24. The van der Waals surface area contributed by atoms with Gasteiger partial charge in [-0.05, 0) is 31.2 Å². The van der Waals surface area contributed by atoms with Crippen LogP contribution in [0.2, 0.25) is 0 Å². The summed E-state index contributed by atoms with van der Waals surface area (Å²) in [6.07, 6.45) is 1.66. The number of amides is 1. The Hall–Kier alpha value is -3.33. The van der Waals surface area contributed by atoms with Crippen LogP contribution in [0.15, 0.2) is 58.7 Å². The largest absolute Gasteiger partial charge is 0.465 e.